The zero-order chi connectivity index (χ0) is 14.3. The summed E-state index contributed by atoms with van der Waals surface area (Å²) < 4.78 is 17.3. The molecule has 0 bridgehead atoms. The van der Waals surface area contributed by atoms with Crippen LogP contribution in [0.15, 0.2) is 22.7 Å². The molecule has 0 unspecified atom stereocenters. The van der Waals surface area contributed by atoms with Gasteiger partial charge < -0.3 is 14.2 Å². The van der Waals surface area contributed by atoms with Gasteiger partial charge in [-0.25, -0.2) is 0 Å². The topological polar surface area (TPSA) is 27.7 Å². The van der Waals surface area contributed by atoms with E-state index in [0.717, 1.165) is 28.4 Å². The highest BCUT2D eigenvalue weighted by molar-refractivity contribution is 9.10. The number of ether oxygens (including phenoxy) is 3. The Morgan fingerprint density at radius 2 is 1.89 bits per heavy atom. The fourth-order valence-electron chi connectivity index (χ4n) is 1.51. The van der Waals surface area contributed by atoms with Crippen molar-refractivity contribution in [1.29, 1.82) is 0 Å². The molecule has 0 heterocycles. The van der Waals surface area contributed by atoms with Crippen molar-refractivity contribution in [2.75, 3.05) is 20.5 Å². The van der Waals surface area contributed by atoms with E-state index in [2.05, 4.69) is 35.6 Å². The second-order valence-corrected chi connectivity index (χ2v) is 12.2. The molecule has 5 heteroatoms. The van der Waals surface area contributed by atoms with Crippen LogP contribution in [-0.4, -0.2) is 28.6 Å². The lowest BCUT2D eigenvalue weighted by Gasteiger charge is -2.15. The van der Waals surface area contributed by atoms with E-state index in [-0.39, 0.29) is 0 Å². The van der Waals surface area contributed by atoms with Crippen LogP contribution in [0, 0.1) is 0 Å². The lowest BCUT2D eigenvalue weighted by molar-refractivity contribution is -0.0577. The molecular formula is C14H23BrO3Si. The van der Waals surface area contributed by atoms with Crippen LogP contribution in [0.2, 0.25) is 25.7 Å². The molecule has 0 aromatic heterocycles. The maximum absolute atomic E-state index is 5.52. The predicted octanol–water partition coefficient (Wildman–Crippen LogP) is 4.29. The molecule has 0 aliphatic heterocycles. The fourth-order valence-corrected chi connectivity index (χ4v) is 2.67. The number of hydrogen-bond acceptors (Lipinski definition) is 3. The number of rotatable bonds is 8. The molecule has 108 valence electrons. The first kappa shape index (κ1) is 16.7. The summed E-state index contributed by atoms with van der Waals surface area (Å²) in [5.41, 5.74) is 1.02. The minimum atomic E-state index is -1.01. The Morgan fingerprint density at radius 3 is 2.53 bits per heavy atom. The van der Waals surface area contributed by atoms with Crippen molar-refractivity contribution < 1.29 is 14.2 Å². The highest BCUT2D eigenvalue weighted by Crippen LogP contribution is 2.23. The molecule has 1 aromatic rings. The summed E-state index contributed by atoms with van der Waals surface area (Å²) in [7, 11) is 0.654. The Morgan fingerprint density at radius 1 is 1.16 bits per heavy atom. The van der Waals surface area contributed by atoms with Gasteiger partial charge in [0.1, 0.15) is 12.5 Å². The van der Waals surface area contributed by atoms with Crippen LogP contribution in [0.3, 0.4) is 0 Å². The zero-order valence-electron chi connectivity index (χ0n) is 12.2. The number of benzene rings is 1. The summed E-state index contributed by atoms with van der Waals surface area (Å²) >= 11 is 3.44. The van der Waals surface area contributed by atoms with E-state index < -0.39 is 8.07 Å². The van der Waals surface area contributed by atoms with Crippen LogP contribution in [0.4, 0.5) is 0 Å². The summed E-state index contributed by atoms with van der Waals surface area (Å²) in [5.74, 6) is 0.838. The molecule has 1 rings (SSSR count). The van der Waals surface area contributed by atoms with Crippen LogP contribution in [0.1, 0.15) is 5.56 Å². The van der Waals surface area contributed by atoms with Crippen LogP contribution >= 0.6 is 15.9 Å². The fraction of sp³-hybridized carbons (Fsp3) is 0.571. The van der Waals surface area contributed by atoms with E-state index in [1.807, 2.05) is 18.2 Å². The third-order valence-electron chi connectivity index (χ3n) is 2.66. The van der Waals surface area contributed by atoms with E-state index in [4.69, 9.17) is 14.2 Å². The molecular weight excluding hydrogens is 324 g/mol. The van der Waals surface area contributed by atoms with E-state index >= 15 is 0 Å². The average molecular weight is 347 g/mol. The zero-order valence-corrected chi connectivity index (χ0v) is 14.7. The first-order valence-electron chi connectivity index (χ1n) is 6.40. The van der Waals surface area contributed by atoms with Gasteiger partial charge in [-0.2, -0.15) is 0 Å². The van der Waals surface area contributed by atoms with Crippen molar-refractivity contribution in [3.63, 3.8) is 0 Å². The minimum absolute atomic E-state index is 0.333. The summed E-state index contributed by atoms with van der Waals surface area (Å²) in [6.07, 6.45) is 0. The molecule has 1 aromatic carbocycles. The first-order chi connectivity index (χ1) is 8.92. The van der Waals surface area contributed by atoms with Crippen molar-refractivity contribution >= 4 is 24.0 Å². The Hall–Kier alpha value is -0.363. The third kappa shape index (κ3) is 7.10. The van der Waals surface area contributed by atoms with E-state index in [9.17, 15) is 0 Å². The molecule has 0 atom stereocenters. The second-order valence-electron chi connectivity index (χ2n) is 5.64. The van der Waals surface area contributed by atoms with Gasteiger partial charge in [0.2, 0.25) is 0 Å². The van der Waals surface area contributed by atoms with Crippen molar-refractivity contribution in [2.24, 2.45) is 0 Å². The second kappa shape index (κ2) is 8.04. The Balaban J connectivity index is 2.28. The highest BCUT2D eigenvalue weighted by Gasteiger charge is 2.12. The molecule has 19 heavy (non-hydrogen) atoms. The number of methoxy groups -OCH3 is 1. The van der Waals surface area contributed by atoms with Gasteiger partial charge in [-0.15, -0.1) is 0 Å². The van der Waals surface area contributed by atoms with Gasteiger partial charge in [0.05, 0.1) is 13.7 Å². The Bertz CT molecular complexity index is 391. The summed E-state index contributed by atoms with van der Waals surface area (Å²) in [4.78, 5) is 0. The van der Waals surface area contributed by atoms with Gasteiger partial charge in [-0.1, -0.05) is 35.6 Å². The quantitative estimate of drug-likeness (QED) is 0.399. The average Bonchev–Trinajstić information content (AvgIpc) is 2.32. The van der Waals surface area contributed by atoms with Crippen LogP contribution in [0.25, 0.3) is 0 Å². The summed E-state index contributed by atoms with van der Waals surface area (Å²) in [6.45, 7) is 8.62. The highest BCUT2D eigenvalue weighted by atomic mass is 79.9. The Kier molecular flexibility index (Phi) is 7.06. The van der Waals surface area contributed by atoms with Gasteiger partial charge in [0.25, 0.3) is 0 Å². The molecule has 0 aliphatic carbocycles. The molecule has 0 spiro atoms. The summed E-state index contributed by atoms with van der Waals surface area (Å²) in [5, 5.41) is 0. The van der Waals surface area contributed by atoms with Crippen molar-refractivity contribution in [2.45, 2.75) is 32.3 Å². The maximum Gasteiger partial charge on any atom is 0.147 e. The number of halogens is 1. The monoisotopic (exact) mass is 346 g/mol. The molecule has 0 N–H and O–H groups in total. The molecule has 0 fully saturated rings. The standard InChI is InChI=1S/C14H23BrO3Si/c1-16-14-6-5-13(15)9-12(14)10-18-11-17-7-8-19(2,3)4/h5-6,9H,7-8,10-11H2,1-4H3. The van der Waals surface area contributed by atoms with E-state index in [1.54, 1.807) is 7.11 Å². The molecule has 0 saturated carbocycles. The van der Waals surface area contributed by atoms with Gasteiger partial charge in [0, 0.05) is 24.7 Å². The molecule has 0 saturated heterocycles. The van der Waals surface area contributed by atoms with E-state index in [0.29, 0.717) is 13.4 Å². The molecule has 0 radical (unpaired) electrons. The van der Waals surface area contributed by atoms with Gasteiger partial charge in [-0.05, 0) is 24.2 Å². The van der Waals surface area contributed by atoms with Crippen molar-refractivity contribution in [3.05, 3.63) is 28.2 Å². The molecule has 3 nitrogen and oxygen atoms in total. The lowest BCUT2D eigenvalue weighted by Crippen LogP contribution is -2.22. The number of hydrogen-bond donors (Lipinski definition) is 0. The van der Waals surface area contributed by atoms with Crippen molar-refractivity contribution in [1.82, 2.24) is 0 Å². The van der Waals surface area contributed by atoms with Crippen LogP contribution in [-0.2, 0) is 16.1 Å². The smallest absolute Gasteiger partial charge is 0.147 e. The Labute approximate surface area is 125 Å². The SMILES string of the molecule is COc1ccc(Br)cc1COCOCC[Si](C)(C)C. The van der Waals surface area contributed by atoms with Crippen LogP contribution in [0.5, 0.6) is 5.75 Å². The third-order valence-corrected chi connectivity index (χ3v) is 4.86. The van der Waals surface area contributed by atoms with Gasteiger partial charge in [-0.3, -0.25) is 0 Å². The summed E-state index contributed by atoms with van der Waals surface area (Å²) in [6, 6.07) is 7.04. The lowest BCUT2D eigenvalue weighted by atomic mass is 10.2. The molecule has 0 amide bonds. The van der Waals surface area contributed by atoms with Gasteiger partial charge >= 0.3 is 0 Å². The maximum atomic E-state index is 5.52. The normalized spacial score (nSPS) is 11.6. The first-order valence-corrected chi connectivity index (χ1v) is 10.9. The van der Waals surface area contributed by atoms with Crippen LogP contribution < -0.4 is 4.74 Å². The molecule has 0 aliphatic rings. The van der Waals surface area contributed by atoms with Crippen molar-refractivity contribution in [3.8, 4) is 5.75 Å². The largest absolute Gasteiger partial charge is 0.496 e. The minimum Gasteiger partial charge on any atom is -0.496 e. The van der Waals surface area contributed by atoms with E-state index in [1.165, 1.54) is 0 Å². The van der Waals surface area contributed by atoms with Gasteiger partial charge in [0.15, 0.2) is 0 Å². The predicted molar refractivity (Wildman–Crippen MR) is 84.5 cm³/mol.